The number of para-hydroxylation sites is 1. The molecule has 5 nitrogen and oxygen atoms in total. The van der Waals surface area contributed by atoms with Gasteiger partial charge in [-0.1, -0.05) is 32.0 Å². The second-order valence-electron chi connectivity index (χ2n) is 4.81. The zero-order valence-electron chi connectivity index (χ0n) is 11.5. The summed E-state index contributed by atoms with van der Waals surface area (Å²) in [6.07, 6.45) is 0. The summed E-state index contributed by atoms with van der Waals surface area (Å²) in [5.41, 5.74) is 1.37. The van der Waals surface area contributed by atoms with Crippen LogP contribution in [0.2, 0.25) is 0 Å². The van der Waals surface area contributed by atoms with Crippen LogP contribution >= 0.6 is 11.3 Å². The predicted octanol–water partition coefficient (Wildman–Crippen LogP) is 3.37. The summed E-state index contributed by atoms with van der Waals surface area (Å²) in [7, 11) is -3.78. The van der Waals surface area contributed by atoms with Crippen LogP contribution in [0.15, 0.2) is 39.9 Å². The highest BCUT2D eigenvalue weighted by Gasteiger charge is 2.20. The van der Waals surface area contributed by atoms with Crippen LogP contribution in [-0.2, 0) is 10.0 Å². The Labute approximate surface area is 127 Å². The van der Waals surface area contributed by atoms with E-state index in [2.05, 4.69) is 4.72 Å². The minimum atomic E-state index is -3.78. The van der Waals surface area contributed by atoms with Gasteiger partial charge < -0.3 is 5.11 Å². The third kappa shape index (κ3) is 3.43. The molecule has 0 spiro atoms. The number of thiophene rings is 1. The maximum Gasteiger partial charge on any atom is 0.336 e. The average molecular weight is 325 g/mol. The number of benzene rings is 1. The second kappa shape index (κ2) is 5.87. The molecule has 1 aromatic carbocycles. The molecular formula is C14H15NO4S2. The van der Waals surface area contributed by atoms with Crippen molar-refractivity contribution in [2.45, 2.75) is 24.0 Å². The molecule has 0 saturated heterocycles. The molecule has 0 aliphatic rings. The number of hydrogen-bond acceptors (Lipinski definition) is 4. The molecule has 0 aliphatic carbocycles. The number of aromatic carboxylic acids is 1. The quantitative estimate of drug-likeness (QED) is 0.883. The van der Waals surface area contributed by atoms with Crippen molar-refractivity contribution >= 4 is 33.0 Å². The third-order valence-electron chi connectivity index (χ3n) is 2.91. The van der Waals surface area contributed by atoms with E-state index in [9.17, 15) is 13.2 Å². The first-order chi connectivity index (χ1) is 9.81. The van der Waals surface area contributed by atoms with Crippen molar-refractivity contribution in [2.24, 2.45) is 0 Å². The average Bonchev–Trinajstić information content (AvgIpc) is 2.89. The van der Waals surface area contributed by atoms with Crippen LogP contribution in [0, 0.1) is 0 Å². The lowest BCUT2D eigenvalue weighted by atomic mass is 10.0. The number of anilines is 1. The van der Waals surface area contributed by atoms with Crippen molar-refractivity contribution in [1.82, 2.24) is 0 Å². The van der Waals surface area contributed by atoms with Gasteiger partial charge in [-0.25, -0.2) is 13.2 Å². The molecule has 7 heteroatoms. The van der Waals surface area contributed by atoms with Crippen LogP contribution in [0.25, 0.3) is 0 Å². The Morgan fingerprint density at radius 1 is 1.29 bits per heavy atom. The maximum absolute atomic E-state index is 12.3. The van der Waals surface area contributed by atoms with Gasteiger partial charge in [0, 0.05) is 5.38 Å². The molecule has 0 radical (unpaired) electrons. The molecule has 0 unspecified atom stereocenters. The molecule has 112 valence electrons. The zero-order valence-corrected chi connectivity index (χ0v) is 13.2. The Kier molecular flexibility index (Phi) is 4.34. The molecule has 0 atom stereocenters. The van der Waals surface area contributed by atoms with E-state index in [0.717, 1.165) is 23.0 Å². The lowest BCUT2D eigenvalue weighted by Crippen LogP contribution is -2.13. The van der Waals surface area contributed by atoms with Crippen molar-refractivity contribution in [2.75, 3.05) is 4.72 Å². The van der Waals surface area contributed by atoms with Crippen molar-refractivity contribution in [1.29, 1.82) is 0 Å². The van der Waals surface area contributed by atoms with Crippen LogP contribution in [0.3, 0.4) is 0 Å². The van der Waals surface area contributed by atoms with Crippen molar-refractivity contribution in [3.8, 4) is 0 Å². The van der Waals surface area contributed by atoms with Gasteiger partial charge in [0.2, 0.25) is 0 Å². The second-order valence-corrected chi connectivity index (χ2v) is 7.63. The van der Waals surface area contributed by atoms with Crippen molar-refractivity contribution in [3.63, 3.8) is 0 Å². The Morgan fingerprint density at radius 3 is 2.52 bits per heavy atom. The van der Waals surface area contributed by atoms with Crippen LogP contribution in [0.1, 0.15) is 35.7 Å². The zero-order chi connectivity index (χ0) is 15.6. The monoisotopic (exact) mass is 325 g/mol. The molecule has 0 aliphatic heterocycles. The van der Waals surface area contributed by atoms with Crippen LogP contribution < -0.4 is 4.72 Å². The molecule has 0 bridgehead atoms. The number of hydrogen-bond donors (Lipinski definition) is 2. The highest BCUT2D eigenvalue weighted by Crippen LogP contribution is 2.28. The Morgan fingerprint density at radius 2 is 1.95 bits per heavy atom. The summed E-state index contributed by atoms with van der Waals surface area (Å²) in [5, 5.41) is 10.2. The highest BCUT2D eigenvalue weighted by molar-refractivity contribution is 7.94. The third-order valence-corrected chi connectivity index (χ3v) is 5.72. The van der Waals surface area contributed by atoms with Crippen LogP contribution in [0.5, 0.6) is 0 Å². The number of carboxylic acids is 1. The van der Waals surface area contributed by atoms with E-state index in [1.807, 2.05) is 26.0 Å². The fourth-order valence-corrected chi connectivity index (χ4v) is 4.10. The number of carbonyl (C=O) groups is 1. The molecule has 0 amide bonds. The van der Waals surface area contributed by atoms with Gasteiger partial charge in [-0.15, -0.1) is 11.3 Å². The molecule has 1 heterocycles. The fourth-order valence-electron chi connectivity index (χ4n) is 1.86. The number of sulfonamides is 1. The maximum atomic E-state index is 12.3. The number of carboxylic acid groups (broad SMARTS) is 1. The summed E-state index contributed by atoms with van der Waals surface area (Å²) in [6.45, 7) is 3.95. The standard InChI is InChI=1S/C14H15NO4S2/c1-9(2)11-5-3-4-6-12(11)15-21(18,19)13-7-10(8-20-13)14(16)17/h3-9,15H,1-2H3,(H,16,17). The SMILES string of the molecule is CC(C)c1ccccc1NS(=O)(=O)c1cc(C(=O)O)cs1. The molecule has 2 aromatic rings. The first-order valence-electron chi connectivity index (χ1n) is 6.25. The minimum Gasteiger partial charge on any atom is -0.478 e. The minimum absolute atomic E-state index is 0.0153. The van der Waals surface area contributed by atoms with Gasteiger partial charge >= 0.3 is 5.97 Å². The Hall–Kier alpha value is -1.86. The lowest BCUT2D eigenvalue weighted by molar-refractivity contribution is 0.0697. The fraction of sp³-hybridized carbons (Fsp3) is 0.214. The van der Waals surface area contributed by atoms with E-state index in [1.165, 1.54) is 5.38 Å². The number of rotatable bonds is 5. The summed E-state index contributed by atoms with van der Waals surface area (Å²) in [5.74, 6) is -0.975. The molecular weight excluding hydrogens is 310 g/mol. The Bertz CT molecular complexity index is 763. The molecule has 2 N–H and O–H groups in total. The van der Waals surface area contributed by atoms with E-state index in [4.69, 9.17) is 5.11 Å². The molecule has 0 fully saturated rings. The molecule has 1 aromatic heterocycles. The van der Waals surface area contributed by atoms with Gasteiger partial charge in [0.1, 0.15) is 4.21 Å². The van der Waals surface area contributed by atoms with Gasteiger partial charge in [0.25, 0.3) is 10.0 Å². The topological polar surface area (TPSA) is 83.5 Å². The number of nitrogens with one attached hydrogen (secondary N) is 1. The smallest absolute Gasteiger partial charge is 0.336 e. The van der Waals surface area contributed by atoms with Gasteiger partial charge in [0.05, 0.1) is 11.3 Å². The van der Waals surface area contributed by atoms with E-state index in [1.54, 1.807) is 12.1 Å². The lowest BCUT2D eigenvalue weighted by Gasteiger charge is -2.14. The molecule has 21 heavy (non-hydrogen) atoms. The largest absolute Gasteiger partial charge is 0.478 e. The van der Waals surface area contributed by atoms with E-state index in [0.29, 0.717) is 5.69 Å². The van der Waals surface area contributed by atoms with Crippen LogP contribution in [-0.4, -0.2) is 19.5 Å². The van der Waals surface area contributed by atoms with Crippen molar-refractivity contribution < 1.29 is 18.3 Å². The summed E-state index contributed by atoms with van der Waals surface area (Å²) in [4.78, 5) is 10.8. The first kappa shape index (κ1) is 15.5. The molecule has 0 saturated carbocycles. The van der Waals surface area contributed by atoms with E-state index < -0.39 is 16.0 Å². The Balaban J connectivity index is 2.35. The molecule has 2 rings (SSSR count). The van der Waals surface area contributed by atoms with E-state index in [-0.39, 0.29) is 15.7 Å². The summed E-state index contributed by atoms with van der Waals surface area (Å²) >= 11 is 0.887. The highest BCUT2D eigenvalue weighted by atomic mass is 32.2. The van der Waals surface area contributed by atoms with Gasteiger partial charge in [-0.3, -0.25) is 4.72 Å². The van der Waals surface area contributed by atoms with Gasteiger partial charge in [-0.05, 0) is 23.6 Å². The predicted molar refractivity (Wildman–Crippen MR) is 82.6 cm³/mol. The summed E-state index contributed by atoms with van der Waals surface area (Å²) < 4.78 is 27.1. The van der Waals surface area contributed by atoms with Crippen molar-refractivity contribution in [3.05, 3.63) is 46.8 Å². The van der Waals surface area contributed by atoms with Gasteiger partial charge in [0.15, 0.2) is 0 Å². The van der Waals surface area contributed by atoms with Crippen LogP contribution in [0.4, 0.5) is 5.69 Å². The van der Waals surface area contributed by atoms with Gasteiger partial charge in [-0.2, -0.15) is 0 Å². The summed E-state index contributed by atoms with van der Waals surface area (Å²) in [6, 6.07) is 8.31. The first-order valence-corrected chi connectivity index (χ1v) is 8.61. The van der Waals surface area contributed by atoms with E-state index >= 15 is 0 Å². The normalized spacial score (nSPS) is 11.6.